The van der Waals surface area contributed by atoms with Gasteiger partial charge in [0.25, 0.3) is 11.5 Å². The molecule has 0 spiro atoms. The summed E-state index contributed by atoms with van der Waals surface area (Å²) < 4.78 is 11.1. The number of benzene rings is 3. The van der Waals surface area contributed by atoms with Crippen LogP contribution in [0, 0.1) is 6.92 Å². The van der Waals surface area contributed by atoms with Gasteiger partial charge in [-0.05, 0) is 56.3 Å². The van der Waals surface area contributed by atoms with Crippen LogP contribution >= 0.6 is 24.0 Å². The quantitative estimate of drug-likeness (QED) is 0.167. The second kappa shape index (κ2) is 11.3. The van der Waals surface area contributed by atoms with Gasteiger partial charge in [0.15, 0.2) is 4.32 Å². The zero-order chi connectivity index (χ0) is 29.4. The zero-order valence-corrected chi connectivity index (χ0v) is 24.9. The summed E-state index contributed by atoms with van der Waals surface area (Å²) in [6.07, 6.45) is 3.68. The van der Waals surface area contributed by atoms with E-state index < -0.39 is 0 Å². The van der Waals surface area contributed by atoms with Crippen LogP contribution in [0.1, 0.15) is 18.2 Å². The molecule has 1 saturated heterocycles. The fraction of sp³-hybridized carbons (Fsp3) is 0.125. The first kappa shape index (κ1) is 27.5. The van der Waals surface area contributed by atoms with Crippen molar-refractivity contribution in [3.63, 3.8) is 0 Å². The summed E-state index contributed by atoms with van der Waals surface area (Å²) in [5, 5.41) is 4.88. The summed E-state index contributed by atoms with van der Waals surface area (Å²) in [6, 6.07) is 26.8. The van der Waals surface area contributed by atoms with Crippen molar-refractivity contribution < 1.29 is 9.53 Å². The Kier molecular flexibility index (Phi) is 7.40. The van der Waals surface area contributed by atoms with Gasteiger partial charge < -0.3 is 4.74 Å². The smallest absolute Gasteiger partial charge is 0.296 e. The number of thiocarbonyl (C=S) groups is 1. The molecule has 2 aromatic heterocycles. The summed E-state index contributed by atoms with van der Waals surface area (Å²) in [5.41, 5.74) is 4.42. The summed E-state index contributed by atoms with van der Waals surface area (Å²) in [5.74, 6) is 0.383. The van der Waals surface area contributed by atoms with Gasteiger partial charge in [-0.15, -0.1) is 0 Å². The number of para-hydroxylation sites is 2. The lowest BCUT2D eigenvalue weighted by molar-refractivity contribution is -0.113. The summed E-state index contributed by atoms with van der Waals surface area (Å²) in [7, 11) is 1.79. The molecule has 210 valence electrons. The third kappa shape index (κ3) is 4.88. The Morgan fingerprint density at radius 1 is 0.952 bits per heavy atom. The van der Waals surface area contributed by atoms with Crippen molar-refractivity contribution in [3.8, 4) is 28.4 Å². The normalized spacial score (nSPS) is 14.3. The molecule has 0 aliphatic carbocycles. The van der Waals surface area contributed by atoms with Gasteiger partial charge in [-0.3, -0.25) is 19.2 Å². The fourth-order valence-corrected chi connectivity index (χ4v) is 6.21. The minimum Gasteiger partial charge on any atom is -0.494 e. The monoisotopic (exact) mass is 593 g/mol. The number of aromatic nitrogens is 4. The van der Waals surface area contributed by atoms with Crippen molar-refractivity contribution in [3.05, 3.63) is 118 Å². The molecule has 0 bridgehead atoms. The van der Waals surface area contributed by atoms with Gasteiger partial charge in [0, 0.05) is 24.4 Å². The number of hydrogen-bond donors (Lipinski definition) is 0. The SMILES string of the molecule is CCOc1cccc(-c2nn(-c3ccccc3)cc2C=C2SC(=S)N(c3c(C)n(C)n(-c4ccccc4)c3=O)C2=O)c1. The lowest BCUT2D eigenvalue weighted by Crippen LogP contribution is -2.33. The Morgan fingerprint density at radius 3 is 2.33 bits per heavy atom. The molecule has 42 heavy (non-hydrogen) atoms. The van der Waals surface area contributed by atoms with E-state index in [0.29, 0.717) is 32.9 Å². The molecule has 0 unspecified atom stereocenters. The number of hydrogen-bond acceptors (Lipinski definition) is 6. The Morgan fingerprint density at radius 2 is 1.64 bits per heavy atom. The van der Waals surface area contributed by atoms with Crippen LogP contribution in [0.15, 0.2) is 101 Å². The largest absolute Gasteiger partial charge is 0.494 e. The molecule has 5 aromatic rings. The highest BCUT2D eigenvalue weighted by atomic mass is 32.2. The summed E-state index contributed by atoms with van der Waals surface area (Å²) in [4.78, 5) is 29.3. The van der Waals surface area contributed by atoms with Crippen molar-refractivity contribution >= 4 is 46.0 Å². The molecule has 1 amide bonds. The van der Waals surface area contributed by atoms with E-state index in [-0.39, 0.29) is 17.2 Å². The first-order valence-electron chi connectivity index (χ1n) is 13.4. The van der Waals surface area contributed by atoms with Crippen LogP contribution in [0.4, 0.5) is 5.69 Å². The molecule has 3 aromatic carbocycles. The van der Waals surface area contributed by atoms with Crippen molar-refractivity contribution in [2.45, 2.75) is 13.8 Å². The molecule has 8 nitrogen and oxygen atoms in total. The molecule has 0 atom stereocenters. The van der Waals surface area contributed by atoms with Crippen LogP contribution in [0.3, 0.4) is 0 Å². The van der Waals surface area contributed by atoms with Crippen LogP contribution in [0.25, 0.3) is 28.7 Å². The van der Waals surface area contributed by atoms with E-state index in [2.05, 4.69) is 0 Å². The van der Waals surface area contributed by atoms with E-state index in [1.165, 1.54) is 16.7 Å². The molecule has 10 heteroatoms. The van der Waals surface area contributed by atoms with E-state index in [4.69, 9.17) is 22.1 Å². The molecular weight excluding hydrogens is 567 g/mol. The average Bonchev–Trinajstić information content (AvgIpc) is 3.61. The van der Waals surface area contributed by atoms with Crippen LogP contribution in [-0.4, -0.2) is 36.0 Å². The van der Waals surface area contributed by atoms with Crippen LogP contribution in [-0.2, 0) is 11.8 Å². The highest BCUT2D eigenvalue weighted by molar-refractivity contribution is 8.27. The maximum atomic E-state index is 13.9. The van der Waals surface area contributed by atoms with E-state index in [1.54, 1.807) is 27.2 Å². The minimum absolute atomic E-state index is 0.247. The molecule has 1 fully saturated rings. The van der Waals surface area contributed by atoms with Gasteiger partial charge in [-0.25, -0.2) is 9.36 Å². The van der Waals surface area contributed by atoms with Gasteiger partial charge >= 0.3 is 0 Å². The zero-order valence-electron chi connectivity index (χ0n) is 23.2. The number of nitrogens with zero attached hydrogens (tertiary/aromatic N) is 5. The topological polar surface area (TPSA) is 74.3 Å². The van der Waals surface area contributed by atoms with E-state index in [1.807, 2.05) is 105 Å². The number of ether oxygens (including phenoxy) is 1. The number of thioether (sulfide) groups is 1. The third-order valence-electron chi connectivity index (χ3n) is 7.01. The maximum Gasteiger partial charge on any atom is 0.296 e. The highest BCUT2D eigenvalue weighted by Crippen LogP contribution is 2.38. The van der Waals surface area contributed by atoms with Gasteiger partial charge in [0.2, 0.25) is 0 Å². The molecular formula is C32H27N5O3S2. The van der Waals surface area contributed by atoms with Gasteiger partial charge in [0.1, 0.15) is 17.1 Å². The van der Waals surface area contributed by atoms with E-state index in [9.17, 15) is 9.59 Å². The lowest BCUT2D eigenvalue weighted by Gasteiger charge is -2.12. The van der Waals surface area contributed by atoms with Crippen molar-refractivity contribution in [1.82, 2.24) is 19.1 Å². The molecule has 0 saturated carbocycles. The summed E-state index contributed by atoms with van der Waals surface area (Å²) in [6.45, 7) is 4.29. The highest BCUT2D eigenvalue weighted by Gasteiger charge is 2.38. The van der Waals surface area contributed by atoms with Crippen molar-refractivity contribution in [2.24, 2.45) is 7.05 Å². The number of carbonyl (C=O) groups is 1. The predicted molar refractivity (Wildman–Crippen MR) is 172 cm³/mol. The predicted octanol–water partition coefficient (Wildman–Crippen LogP) is 6.14. The second-order valence-electron chi connectivity index (χ2n) is 9.60. The number of carbonyl (C=O) groups excluding carboxylic acids is 1. The molecule has 1 aliphatic rings. The Bertz CT molecular complexity index is 1910. The first-order chi connectivity index (χ1) is 20.4. The van der Waals surface area contributed by atoms with Crippen LogP contribution in [0.2, 0.25) is 0 Å². The minimum atomic E-state index is -0.350. The standard InChI is InChI=1S/C32H27N5O3S2/c1-4-40-26-17-11-12-22(18-26)28-23(20-35(33-28)24-13-7-5-8-14-24)19-27-30(38)36(32(41)42-27)29-21(2)34(3)37(31(29)39)25-15-9-6-10-16-25/h5-20H,4H2,1-3H3. The Balaban J connectivity index is 1.43. The van der Waals surface area contributed by atoms with E-state index in [0.717, 1.165) is 22.6 Å². The van der Waals surface area contributed by atoms with Crippen LogP contribution < -0.4 is 15.2 Å². The van der Waals surface area contributed by atoms with Crippen molar-refractivity contribution in [2.75, 3.05) is 11.5 Å². The van der Waals surface area contributed by atoms with Gasteiger partial charge in [0.05, 0.1) is 28.6 Å². The number of rotatable bonds is 7. The molecule has 0 N–H and O–H groups in total. The Labute approximate surface area is 252 Å². The van der Waals surface area contributed by atoms with Gasteiger partial charge in [-0.1, -0.05) is 72.5 Å². The number of amides is 1. The fourth-order valence-electron chi connectivity index (χ4n) is 4.94. The van der Waals surface area contributed by atoms with Crippen LogP contribution in [0.5, 0.6) is 5.75 Å². The van der Waals surface area contributed by atoms with E-state index >= 15 is 0 Å². The molecule has 3 heterocycles. The number of anilines is 1. The summed E-state index contributed by atoms with van der Waals surface area (Å²) >= 11 is 6.84. The molecule has 0 radical (unpaired) electrons. The second-order valence-corrected chi connectivity index (χ2v) is 11.3. The Hall–Kier alpha value is -4.67. The first-order valence-corrected chi connectivity index (χ1v) is 14.6. The maximum absolute atomic E-state index is 13.9. The lowest BCUT2D eigenvalue weighted by atomic mass is 10.1. The van der Waals surface area contributed by atoms with Crippen molar-refractivity contribution in [1.29, 1.82) is 0 Å². The van der Waals surface area contributed by atoms with Gasteiger partial charge in [-0.2, -0.15) is 5.10 Å². The molecule has 1 aliphatic heterocycles. The molecule has 6 rings (SSSR count). The average molecular weight is 594 g/mol. The third-order valence-corrected chi connectivity index (χ3v) is 8.31.